The molecule has 2 rings (SSSR count). The van der Waals surface area contributed by atoms with Gasteiger partial charge in [0.2, 0.25) is 0 Å². The second-order valence-corrected chi connectivity index (χ2v) is 7.29. The molecular weight excluding hydrogens is 336 g/mol. The van der Waals surface area contributed by atoms with Crippen LogP contribution >= 0.6 is 27.3 Å². The predicted octanol–water partition coefficient (Wildman–Crippen LogP) is 4.00. The second-order valence-electron chi connectivity index (χ2n) is 4.88. The summed E-state index contributed by atoms with van der Waals surface area (Å²) in [5.41, 5.74) is 7.62. The van der Waals surface area contributed by atoms with Crippen LogP contribution in [0.25, 0.3) is 0 Å². The Kier molecular flexibility index (Phi) is 4.86. The molecule has 1 atom stereocenters. The van der Waals surface area contributed by atoms with Crippen LogP contribution in [0.3, 0.4) is 0 Å². The Bertz CT molecular complexity index is 605. The van der Waals surface area contributed by atoms with Crippen LogP contribution in [0.1, 0.15) is 33.2 Å². The highest BCUT2D eigenvalue weighted by molar-refractivity contribution is 9.11. The second kappa shape index (κ2) is 6.26. The number of hydrogen-bond donors (Lipinski definition) is 2. The Labute approximate surface area is 132 Å². The normalized spacial score (nSPS) is 12.5. The first-order valence-electron chi connectivity index (χ1n) is 6.35. The maximum Gasteiger partial charge on any atom is 0.122 e. The van der Waals surface area contributed by atoms with Crippen molar-refractivity contribution in [2.24, 2.45) is 5.84 Å². The van der Waals surface area contributed by atoms with Gasteiger partial charge in [0.05, 0.1) is 16.9 Å². The van der Waals surface area contributed by atoms with Gasteiger partial charge in [0.25, 0.3) is 0 Å². The number of nitrogens with one attached hydrogen (secondary N) is 1. The van der Waals surface area contributed by atoms with E-state index in [-0.39, 0.29) is 6.04 Å². The molecule has 0 amide bonds. The van der Waals surface area contributed by atoms with Crippen LogP contribution in [0, 0.1) is 20.8 Å². The van der Waals surface area contributed by atoms with E-state index < -0.39 is 0 Å². The van der Waals surface area contributed by atoms with E-state index in [4.69, 9.17) is 10.6 Å². The summed E-state index contributed by atoms with van der Waals surface area (Å²) in [6, 6.07) is 6.36. The molecule has 0 saturated heterocycles. The highest BCUT2D eigenvalue weighted by atomic mass is 79.9. The third-order valence-electron chi connectivity index (χ3n) is 3.42. The maximum absolute atomic E-state index is 5.80. The van der Waals surface area contributed by atoms with Crippen LogP contribution in [-0.2, 0) is 0 Å². The van der Waals surface area contributed by atoms with Crippen LogP contribution in [0.2, 0.25) is 0 Å². The number of nitrogens with two attached hydrogens (primary N) is 1. The lowest BCUT2D eigenvalue weighted by Crippen LogP contribution is -2.28. The minimum absolute atomic E-state index is 0.00499. The third kappa shape index (κ3) is 2.91. The molecule has 3 nitrogen and oxygen atoms in total. The summed E-state index contributed by atoms with van der Waals surface area (Å²) in [5.74, 6) is 6.70. The van der Waals surface area contributed by atoms with Crippen LogP contribution in [0.5, 0.6) is 5.75 Å². The van der Waals surface area contributed by atoms with Gasteiger partial charge in [-0.3, -0.25) is 5.84 Å². The van der Waals surface area contributed by atoms with Gasteiger partial charge in [0.15, 0.2) is 0 Å². The molecule has 108 valence electrons. The number of aryl methyl sites for hydroxylation is 3. The van der Waals surface area contributed by atoms with E-state index in [1.807, 2.05) is 6.92 Å². The molecule has 0 aliphatic rings. The van der Waals surface area contributed by atoms with Gasteiger partial charge in [-0.15, -0.1) is 11.3 Å². The van der Waals surface area contributed by atoms with Gasteiger partial charge in [-0.1, -0.05) is 6.07 Å². The summed E-state index contributed by atoms with van der Waals surface area (Å²) < 4.78 is 6.52. The lowest BCUT2D eigenvalue weighted by atomic mass is 9.97. The zero-order valence-corrected chi connectivity index (χ0v) is 14.5. The highest BCUT2D eigenvalue weighted by Crippen LogP contribution is 2.36. The minimum atomic E-state index is -0.00499. The quantitative estimate of drug-likeness (QED) is 0.644. The molecule has 0 aliphatic heterocycles. The van der Waals surface area contributed by atoms with Gasteiger partial charge < -0.3 is 4.74 Å². The zero-order valence-electron chi connectivity index (χ0n) is 12.1. The molecule has 1 aromatic heterocycles. The lowest BCUT2D eigenvalue weighted by Gasteiger charge is -2.19. The first-order valence-corrected chi connectivity index (χ1v) is 7.96. The largest absolute Gasteiger partial charge is 0.496 e. The predicted molar refractivity (Wildman–Crippen MR) is 88.4 cm³/mol. The fourth-order valence-corrected chi connectivity index (χ4v) is 3.94. The van der Waals surface area contributed by atoms with E-state index in [1.165, 1.54) is 16.0 Å². The van der Waals surface area contributed by atoms with Gasteiger partial charge in [0.1, 0.15) is 5.75 Å². The van der Waals surface area contributed by atoms with Crippen LogP contribution in [0.15, 0.2) is 22.0 Å². The molecule has 3 N–H and O–H groups in total. The Morgan fingerprint density at radius 1 is 1.15 bits per heavy atom. The molecular formula is C15H19BrN2OS. The van der Waals surface area contributed by atoms with Crippen molar-refractivity contribution in [1.29, 1.82) is 0 Å². The molecule has 5 heteroatoms. The van der Waals surface area contributed by atoms with Crippen LogP contribution in [0.4, 0.5) is 0 Å². The monoisotopic (exact) mass is 354 g/mol. The molecule has 1 heterocycles. The molecule has 1 aromatic carbocycles. The summed E-state index contributed by atoms with van der Waals surface area (Å²) in [6.07, 6.45) is 0. The van der Waals surface area contributed by atoms with Gasteiger partial charge in [-0.05, 0) is 71.1 Å². The van der Waals surface area contributed by atoms with Crippen LogP contribution in [-0.4, -0.2) is 7.11 Å². The number of halogens is 1. The van der Waals surface area contributed by atoms with Crippen molar-refractivity contribution in [3.05, 3.63) is 49.1 Å². The van der Waals surface area contributed by atoms with Gasteiger partial charge in [-0.2, -0.15) is 0 Å². The first kappa shape index (κ1) is 15.5. The van der Waals surface area contributed by atoms with E-state index >= 15 is 0 Å². The first-order chi connectivity index (χ1) is 9.47. The number of hydrazine groups is 1. The van der Waals surface area contributed by atoms with E-state index in [9.17, 15) is 0 Å². The Morgan fingerprint density at radius 2 is 1.85 bits per heavy atom. The summed E-state index contributed by atoms with van der Waals surface area (Å²) in [6.45, 7) is 6.21. The number of hydrogen-bond acceptors (Lipinski definition) is 4. The average molecular weight is 355 g/mol. The summed E-state index contributed by atoms with van der Waals surface area (Å²) in [5, 5.41) is 0. The molecule has 20 heavy (non-hydrogen) atoms. The smallest absolute Gasteiger partial charge is 0.122 e. The third-order valence-corrected chi connectivity index (χ3v) is 5.62. The number of ether oxygens (including phenoxy) is 1. The van der Waals surface area contributed by atoms with Crippen molar-refractivity contribution in [1.82, 2.24) is 5.43 Å². The Balaban J connectivity index is 2.49. The van der Waals surface area contributed by atoms with Crippen molar-refractivity contribution < 1.29 is 4.74 Å². The topological polar surface area (TPSA) is 47.3 Å². The molecule has 0 spiro atoms. The maximum atomic E-state index is 5.80. The number of rotatable bonds is 4. The van der Waals surface area contributed by atoms with Gasteiger partial charge in [-0.25, -0.2) is 5.43 Å². The molecule has 0 fully saturated rings. The number of thiophene rings is 1. The average Bonchev–Trinajstić information content (AvgIpc) is 2.74. The van der Waals surface area contributed by atoms with Gasteiger partial charge in [0, 0.05) is 4.88 Å². The zero-order chi connectivity index (χ0) is 14.9. The Hall–Kier alpha value is -0.880. The number of benzene rings is 1. The molecule has 0 bridgehead atoms. The lowest BCUT2D eigenvalue weighted by molar-refractivity contribution is 0.411. The van der Waals surface area contributed by atoms with Crippen molar-refractivity contribution >= 4 is 27.3 Å². The summed E-state index contributed by atoms with van der Waals surface area (Å²) in [4.78, 5) is 1.20. The molecule has 1 unspecified atom stereocenters. The van der Waals surface area contributed by atoms with E-state index in [0.29, 0.717) is 0 Å². The SMILES string of the molecule is COc1cc(C)c(C(NN)c2cc(C)c(Br)s2)cc1C. The fraction of sp³-hybridized carbons (Fsp3) is 0.333. The molecule has 0 saturated carbocycles. The molecule has 2 aromatic rings. The van der Waals surface area contributed by atoms with Crippen molar-refractivity contribution in [3.8, 4) is 5.75 Å². The molecule has 0 radical (unpaired) electrons. The van der Waals surface area contributed by atoms with Gasteiger partial charge >= 0.3 is 0 Å². The van der Waals surface area contributed by atoms with Crippen molar-refractivity contribution in [3.63, 3.8) is 0 Å². The highest BCUT2D eigenvalue weighted by Gasteiger charge is 2.19. The van der Waals surface area contributed by atoms with Crippen molar-refractivity contribution in [2.75, 3.05) is 7.11 Å². The standard InChI is InChI=1S/C15H19BrN2OS/c1-8-6-12(19-4)9(2)5-11(8)14(18-17)13-7-10(3)15(16)20-13/h5-7,14,18H,17H2,1-4H3. The van der Waals surface area contributed by atoms with Crippen LogP contribution < -0.4 is 16.0 Å². The summed E-state index contributed by atoms with van der Waals surface area (Å²) in [7, 11) is 1.69. The van der Waals surface area contributed by atoms with E-state index in [1.54, 1.807) is 18.4 Å². The van der Waals surface area contributed by atoms with E-state index in [0.717, 1.165) is 20.7 Å². The van der Waals surface area contributed by atoms with Crippen molar-refractivity contribution in [2.45, 2.75) is 26.8 Å². The minimum Gasteiger partial charge on any atom is -0.496 e. The van der Waals surface area contributed by atoms with E-state index in [2.05, 4.69) is 53.4 Å². The fourth-order valence-electron chi connectivity index (χ4n) is 2.29. The Morgan fingerprint density at radius 3 is 2.35 bits per heavy atom. The molecule has 0 aliphatic carbocycles. The summed E-state index contributed by atoms with van der Waals surface area (Å²) >= 11 is 5.28. The number of methoxy groups -OCH3 is 1.